The molecule has 94 valence electrons. The highest BCUT2D eigenvalue weighted by atomic mass is 16.5. The average Bonchev–Trinajstić information content (AvgIpc) is 2.94. The van der Waals surface area contributed by atoms with Crippen LogP contribution in [0.5, 0.6) is 5.75 Å². The van der Waals surface area contributed by atoms with Gasteiger partial charge in [0.15, 0.2) is 0 Å². The second kappa shape index (κ2) is 4.50. The van der Waals surface area contributed by atoms with Crippen molar-refractivity contribution in [2.75, 3.05) is 0 Å². The van der Waals surface area contributed by atoms with Crippen LogP contribution in [-0.2, 0) is 19.5 Å². The van der Waals surface area contributed by atoms with Crippen LogP contribution in [0.15, 0.2) is 36.5 Å². The van der Waals surface area contributed by atoms with Crippen molar-refractivity contribution in [2.24, 2.45) is 5.73 Å². The molecule has 2 N–H and O–H groups in total. The molecule has 1 aromatic carbocycles. The third kappa shape index (κ3) is 2.02. The minimum Gasteiger partial charge on any atom is -0.488 e. The highest BCUT2D eigenvalue weighted by Crippen LogP contribution is 2.30. The zero-order valence-electron chi connectivity index (χ0n) is 10.6. The monoisotopic (exact) mass is 242 g/mol. The molecule has 18 heavy (non-hydrogen) atoms. The van der Waals surface area contributed by atoms with Gasteiger partial charge in [-0.05, 0) is 30.7 Å². The van der Waals surface area contributed by atoms with E-state index in [0.717, 1.165) is 24.4 Å². The van der Waals surface area contributed by atoms with E-state index < -0.39 is 0 Å². The van der Waals surface area contributed by atoms with Gasteiger partial charge in [-0.1, -0.05) is 17.7 Å². The van der Waals surface area contributed by atoms with E-state index in [1.807, 2.05) is 6.07 Å². The van der Waals surface area contributed by atoms with Crippen LogP contribution in [0.1, 0.15) is 16.8 Å². The predicted molar refractivity (Wildman–Crippen MR) is 71.6 cm³/mol. The van der Waals surface area contributed by atoms with Crippen molar-refractivity contribution in [3.05, 3.63) is 53.3 Å². The van der Waals surface area contributed by atoms with Gasteiger partial charge in [0.2, 0.25) is 0 Å². The van der Waals surface area contributed by atoms with Crippen LogP contribution in [0.2, 0.25) is 0 Å². The quantitative estimate of drug-likeness (QED) is 0.896. The predicted octanol–water partition coefficient (Wildman–Crippen LogP) is 2.26. The minimum atomic E-state index is 0.222. The number of rotatable bonds is 3. The fraction of sp³-hybridized carbons (Fsp3) is 0.333. The van der Waals surface area contributed by atoms with Gasteiger partial charge in [-0.25, -0.2) is 0 Å². The van der Waals surface area contributed by atoms with Gasteiger partial charge >= 0.3 is 0 Å². The Morgan fingerprint density at radius 1 is 1.39 bits per heavy atom. The molecule has 1 atom stereocenters. The van der Waals surface area contributed by atoms with Crippen LogP contribution in [0.4, 0.5) is 0 Å². The Labute approximate surface area is 107 Å². The minimum absolute atomic E-state index is 0.222. The van der Waals surface area contributed by atoms with Crippen molar-refractivity contribution in [3.63, 3.8) is 0 Å². The van der Waals surface area contributed by atoms with Crippen LogP contribution in [-0.4, -0.2) is 10.7 Å². The number of nitrogens with zero attached hydrogens (tertiary/aromatic N) is 1. The van der Waals surface area contributed by atoms with Crippen LogP contribution in [0.25, 0.3) is 0 Å². The number of nitrogens with two attached hydrogens (primary N) is 1. The van der Waals surface area contributed by atoms with Gasteiger partial charge in [-0.2, -0.15) is 0 Å². The molecule has 1 aliphatic rings. The molecule has 3 heteroatoms. The molecule has 2 heterocycles. The van der Waals surface area contributed by atoms with E-state index in [9.17, 15) is 0 Å². The van der Waals surface area contributed by atoms with E-state index in [1.165, 1.54) is 11.1 Å². The fourth-order valence-corrected chi connectivity index (χ4v) is 2.58. The molecule has 3 rings (SSSR count). The first-order valence-corrected chi connectivity index (χ1v) is 6.36. The van der Waals surface area contributed by atoms with Crippen LogP contribution < -0.4 is 10.5 Å². The number of aromatic nitrogens is 1. The average molecular weight is 242 g/mol. The summed E-state index contributed by atoms with van der Waals surface area (Å²) in [4.78, 5) is 0. The zero-order valence-corrected chi connectivity index (χ0v) is 10.6. The normalized spacial score (nSPS) is 17.6. The number of hydrogen-bond acceptors (Lipinski definition) is 2. The van der Waals surface area contributed by atoms with E-state index >= 15 is 0 Å². The molecule has 0 fully saturated rings. The van der Waals surface area contributed by atoms with E-state index in [4.69, 9.17) is 10.5 Å². The maximum Gasteiger partial charge on any atom is 0.123 e. The van der Waals surface area contributed by atoms with Gasteiger partial charge < -0.3 is 15.0 Å². The molecule has 0 aliphatic carbocycles. The summed E-state index contributed by atoms with van der Waals surface area (Å²) in [6.45, 7) is 3.56. The van der Waals surface area contributed by atoms with Crippen molar-refractivity contribution < 1.29 is 4.74 Å². The Kier molecular flexibility index (Phi) is 2.84. The third-order valence-corrected chi connectivity index (χ3v) is 3.49. The number of hydrogen-bond donors (Lipinski definition) is 1. The summed E-state index contributed by atoms with van der Waals surface area (Å²) in [5, 5.41) is 0. The lowest BCUT2D eigenvalue weighted by atomic mass is 10.1. The SMILES string of the molecule is Cc1ccc2c(c1)CC(Cn1cccc1CN)O2. The lowest BCUT2D eigenvalue weighted by Gasteiger charge is -2.14. The summed E-state index contributed by atoms with van der Waals surface area (Å²) in [7, 11) is 0. The topological polar surface area (TPSA) is 40.2 Å². The molecule has 0 spiro atoms. The molecule has 0 radical (unpaired) electrons. The lowest BCUT2D eigenvalue weighted by molar-refractivity contribution is 0.208. The lowest BCUT2D eigenvalue weighted by Crippen LogP contribution is -2.22. The third-order valence-electron chi connectivity index (χ3n) is 3.49. The fourth-order valence-electron chi connectivity index (χ4n) is 2.58. The van der Waals surface area contributed by atoms with E-state index in [0.29, 0.717) is 6.54 Å². The zero-order chi connectivity index (χ0) is 12.5. The largest absolute Gasteiger partial charge is 0.488 e. The summed E-state index contributed by atoms with van der Waals surface area (Å²) in [5.41, 5.74) is 9.48. The number of aryl methyl sites for hydroxylation is 1. The Morgan fingerprint density at radius 3 is 3.11 bits per heavy atom. The van der Waals surface area contributed by atoms with Gasteiger partial charge in [-0.15, -0.1) is 0 Å². The van der Waals surface area contributed by atoms with Crippen molar-refractivity contribution in [1.82, 2.24) is 4.57 Å². The molecule has 0 saturated heterocycles. The Morgan fingerprint density at radius 2 is 2.28 bits per heavy atom. The van der Waals surface area contributed by atoms with Crippen molar-refractivity contribution in [1.29, 1.82) is 0 Å². The number of ether oxygens (including phenoxy) is 1. The highest BCUT2D eigenvalue weighted by molar-refractivity contribution is 5.40. The molecule has 1 aromatic heterocycles. The second-order valence-electron chi connectivity index (χ2n) is 4.91. The summed E-state index contributed by atoms with van der Waals surface area (Å²) >= 11 is 0. The number of benzene rings is 1. The summed E-state index contributed by atoms with van der Waals surface area (Å²) in [6.07, 6.45) is 3.28. The first-order chi connectivity index (χ1) is 8.76. The first-order valence-electron chi connectivity index (χ1n) is 6.36. The molecular weight excluding hydrogens is 224 g/mol. The molecule has 1 unspecified atom stereocenters. The van der Waals surface area contributed by atoms with Crippen LogP contribution >= 0.6 is 0 Å². The summed E-state index contributed by atoms with van der Waals surface area (Å²) < 4.78 is 8.16. The second-order valence-corrected chi connectivity index (χ2v) is 4.91. The first kappa shape index (κ1) is 11.4. The maximum atomic E-state index is 5.97. The summed E-state index contributed by atoms with van der Waals surface area (Å²) in [6, 6.07) is 10.5. The van der Waals surface area contributed by atoms with E-state index in [-0.39, 0.29) is 6.10 Å². The van der Waals surface area contributed by atoms with E-state index in [2.05, 4.69) is 42.0 Å². The Hall–Kier alpha value is -1.74. The van der Waals surface area contributed by atoms with Gasteiger partial charge in [-0.3, -0.25) is 0 Å². The van der Waals surface area contributed by atoms with Gasteiger partial charge in [0.1, 0.15) is 11.9 Å². The van der Waals surface area contributed by atoms with Crippen molar-refractivity contribution in [3.8, 4) is 5.75 Å². The highest BCUT2D eigenvalue weighted by Gasteiger charge is 2.23. The van der Waals surface area contributed by atoms with Crippen molar-refractivity contribution in [2.45, 2.75) is 32.5 Å². The molecule has 0 saturated carbocycles. The maximum absolute atomic E-state index is 5.97. The molecular formula is C15H18N2O. The van der Waals surface area contributed by atoms with Crippen molar-refractivity contribution >= 4 is 0 Å². The molecule has 0 amide bonds. The summed E-state index contributed by atoms with van der Waals surface area (Å²) in [5.74, 6) is 1.03. The molecule has 1 aliphatic heterocycles. The standard InChI is InChI=1S/C15H18N2O/c1-11-4-5-15-12(7-11)8-14(18-15)10-17-6-2-3-13(17)9-16/h2-7,14H,8-10,16H2,1H3. The number of fused-ring (bicyclic) bond motifs is 1. The van der Waals surface area contributed by atoms with E-state index in [1.54, 1.807) is 0 Å². The van der Waals surface area contributed by atoms with Gasteiger partial charge in [0, 0.05) is 24.9 Å². The molecule has 3 nitrogen and oxygen atoms in total. The Balaban J connectivity index is 1.75. The smallest absolute Gasteiger partial charge is 0.123 e. The molecule has 0 bridgehead atoms. The van der Waals surface area contributed by atoms with Gasteiger partial charge in [0.25, 0.3) is 0 Å². The van der Waals surface area contributed by atoms with Crippen LogP contribution in [0.3, 0.4) is 0 Å². The Bertz CT molecular complexity index is 559. The van der Waals surface area contributed by atoms with Gasteiger partial charge in [0.05, 0.1) is 6.54 Å². The molecule has 2 aromatic rings. The van der Waals surface area contributed by atoms with Crippen LogP contribution in [0, 0.1) is 6.92 Å².